The Balaban J connectivity index is 1.25. The summed E-state index contributed by atoms with van der Waals surface area (Å²) in [4.78, 5) is 26.2. The first-order valence-electron chi connectivity index (χ1n) is 14.1. The van der Waals surface area contributed by atoms with Crippen LogP contribution < -0.4 is 15.5 Å². The summed E-state index contributed by atoms with van der Waals surface area (Å²) in [5.74, 6) is -0.331. The van der Waals surface area contributed by atoms with Gasteiger partial charge < -0.3 is 15.5 Å². The van der Waals surface area contributed by atoms with Gasteiger partial charge >= 0.3 is 6.03 Å². The highest BCUT2D eigenvalue weighted by Gasteiger charge is 2.37. The third-order valence-electron chi connectivity index (χ3n) is 8.12. The van der Waals surface area contributed by atoms with Gasteiger partial charge in [-0.2, -0.15) is 5.26 Å². The predicted molar refractivity (Wildman–Crippen MR) is 154 cm³/mol. The number of nitriles is 1. The number of amides is 2. The molecular weight excluding hydrogens is 505 g/mol. The van der Waals surface area contributed by atoms with E-state index in [9.17, 15) is 10.1 Å². The van der Waals surface area contributed by atoms with Gasteiger partial charge in [0.2, 0.25) is 5.82 Å². The van der Waals surface area contributed by atoms with Crippen LogP contribution in [-0.2, 0) is 5.54 Å². The van der Waals surface area contributed by atoms with E-state index in [1.807, 2.05) is 30.3 Å². The van der Waals surface area contributed by atoms with Crippen molar-refractivity contribution >= 4 is 17.4 Å². The molecule has 0 radical (unpaired) electrons. The summed E-state index contributed by atoms with van der Waals surface area (Å²) in [6.45, 7) is 8.49. The van der Waals surface area contributed by atoms with Crippen LogP contribution >= 0.6 is 0 Å². The Morgan fingerprint density at radius 1 is 1.02 bits per heavy atom. The van der Waals surface area contributed by atoms with E-state index in [0.29, 0.717) is 35.8 Å². The number of nitrogens with zero attached hydrogens (tertiary/aromatic N) is 5. The number of urea groups is 1. The van der Waals surface area contributed by atoms with Crippen molar-refractivity contribution in [1.29, 1.82) is 5.26 Å². The maximum atomic E-state index is 15.2. The van der Waals surface area contributed by atoms with Crippen LogP contribution in [0, 0.1) is 17.1 Å². The van der Waals surface area contributed by atoms with Crippen LogP contribution in [0.4, 0.5) is 20.6 Å². The number of nitrogens with one attached hydrogen (secondary N) is 2. The zero-order valence-corrected chi connectivity index (χ0v) is 23.2. The summed E-state index contributed by atoms with van der Waals surface area (Å²) in [5, 5.41) is 15.1. The molecule has 0 unspecified atom stereocenters. The quantitative estimate of drug-likeness (QED) is 0.418. The van der Waals surface area contributed by atoms with Crippen LogP contribution in [0.15, 0.2) is 54.7 Å². The van der Waals surface area contributed by atoms with E-state index in [1.165, 1.54) is 6.07 Å². The third kappa shape index (κ3) is 6.07. The Morgan fingerprint density at radius 3 is 2.40 bits per heavy atom. The van der Waals surface area contributed by atoms with Gasteiger partial charge in [-0.25, -0.2) is 19.2 Å². The number of rotatable bonds is 6. The van der Waals surface area contributed by atoms with Gasteiger partial charge in [-0.15, -0.1) is 0 Å². The highest BCUT2D eigenvalue weighted by Crippen LogP contribution is 2.36. The first-order valence-corrected chi connectivity index (χ1v) is 14.1. The lowest BCUT2D eigenvalue weighted by Crippen LogP contribution is -2.49. The average molecular weight is 542 g/mol. The van der Waals surface area contributed by atoms with Gasteiger partial charge in [0, 0.05) is 55.4 Å². The van der Waals surface area contributed by atoms with E-state index in [0.717, 1.165) is 56.7 Å². The standard InChI is InChI=1S/C31H36FN7O/c1-22(2)38-16-18-39(19-17-38)25-9-6-23(7-10-25)26-11-8-24(20-27(26)32)35-30(40)37-31(13-4-3-5-14-31)28-12-15-34-29(21-33)36-28/h6-12,15,20,22H,3-5,13-14,16-19H2,1-2H3,(H2,35,37,40). The second kappa shape index (κ2) is 12.0. The Labute approximate surface area is 235 Å². The maximum Gasteiger partial charge on any atom is 0.319 e. The fourth-order valence-corrected chi connectivity index (χ4v) is 5.83. The molecule has 1 aromatic heterocycles. The van der Waals surface area contributed by atoms with E-state index >= 15 is 4.39 Å². The molecule has 9 heteroatoms. The molecule has 2 aliphatic rings. The maximum absolute atomic E-state index is 15.2. The number of aromatic nitrogens is 2. The Kier molecular flexibility index (Phi) is 8.27. The molecule has 0 atom stereocenters. The minimum atomic E-state index is -0.696. The van der Waals surface area contributed by atoms with Crippen LogP contribution in [0.5, 0.6) is 0 Å². The largest absolute Gasteiger partial charge is 0.369 e. The van der Waals surface area contributed by atoms with Crippen LogP contribution in [-0.4, -0.2) is 53.1 Å². The van der Waals surface area contributed by atoms with Crippen LogP contribution in [0.1, 0.15) is 57.5 Å². The van der Waals surface area contributed by atoms with Gasteiger partial charge in [0.05, 0.1) is 11.2 Å². The SMILES string of the molecule is CC(C)N1CCN(c2ccc(-c3ccc(NC(=O)NC4(c5ccnc(C#N)n5)CCCCC4)cc3F)cc2)CC1. The fraction of sp³-hybridized carbons (Fsp3) is 0.419. The van der Waals surface area contributed by atoms with Gasteiger partial charge in [-0.3, -0.25) is 4.90 Å². The molecule has 0 bridgehead atoms. The molecule has 8 nitrogen and oxygen atoms in total. The van der Waals surface area contributed by atoms with Gasteiger partial charge in [-0.1, -0.05) is 31.4 Å². The lowest BCUT2D eigenvalue weighted by atomic mass is 9.79. The van der Waals surface area contributed by atoms with Gasteiger partial charge in [0.25, 0.3) is 0 Å². The number of benzene rings is 2. The minimum Gasteiger partial charge on any atom is -0.369 e. The van der Waals surface area contributed by atoms with Crippen molar-refractivity contribution in [1.82, 2.24) is 20.2 Å². The van der Waals surface area contributed by atoms with Crippen molar-refractivity contribution in [2.24, 2.45) is 0 Å². The second-order valence-electron chi connectivity index (χ2n) is 11.0. The van der Waals surface area contributed by atoms with Crippen LogP contribution in [0.2, 0.25) is 0 Å². The summed E-state index contributed by atoms with van der Waals surface area (Å²) in [6, 6.07) is 16.6. The van der Waals surface area contributed by atoms with Gasteiger partial charge in [0.1, 0.15) is 11.9 Å². The molecule has 2 amide bonds. The van der Waals surface area contributed by atoms with Crippen molar-refractivity contribution in [3.05, 3.63) is 72.1 Å². The monoisotopic (exact) mass is 541 g/mol. The van der Waals surface area contributed by atoms with E-state index in [1.54, 1.807) is 24.4 Å². The fourth-order valence-electron chi connectivity index (χ4n) is 5.83. The summed E-state index contributed by atoms with van der Waals surface area (Å²) in [5.41, 5.74) is 2.71. The number of carbonyl (C=O) groups excluding carboxylic acids is 1. The first-order chi connectivity index (χ1) is 19.4. The Morgan fingerprint density at radius 2 is 1.75 bits per heavy atom. The minimum absolute atomic E-state index is 0.0732. The molecular formula is C31H36FN7O. The normalized spacial score (nSPS) is 17.3. The van der Waals surface area contributed by atoms with Gasteiger partial charge in [-0.05, 0) is 68.7 Å². The number of halogens is 1. The molecule has 208 valence electrons. The highest BCUT2D eigenvalue weighted by atomic mass is 19.1. The van der Waals surface area contributed by atoms with E-state index in [4.69, 9.17) is 0 Å². The van der Waals surface area contributed by atoms with E-state index in [2.05, 4.69) is 44.2 Å². The molecule has 1 aliphatic carbocycles. The van der Waals surface area contributed by atoms with Crippen molar-refractivity contribution in [3.63, 3.8) is 0 Å². The van der Waals surface area contributed by atoms with Crippen molar-refractivity contribution in [2.75, 3.05) is 36.4 Å². The van der Waals surface area contributed by atoms with E-state index in [-0.39, 0.29) is 5.82 Å². The first kappa shape index (κ1) is 27.5. The Hall–Kier alpha value is -4.03. The molecule has 5 rings (SSSR count). The molecule has 1 saturated heterocycles. The van der Waals surface area contributed by atoms with Crippen molar-refractivity contribution in [2.45, 2.75) is 57.5 Å². The molecule has 1 aliphatic heterocycles. The number of anilines is 2. The number of piperazine rings is 1. The number of hydrogen-bond acceptors (Lipinski definition) is 6. The second-order valence-corrected chi connectivity index (χ2v) is 11.0. The summed E-state index contributed by atoms with van der Waals surface area (Å²) >= 11 is 0. The summed E-state index contributed by atoms with van der Waals surface area (Å²) in [6.07, 6.45) is 5.90. The lowest BCUT2D eigenvalue weighted by molar-refractivity contribution is 0.209. The summed E-state index contributed by atoms with van der Waals surface area (Å²) < 4.78 is 15.2. The Bertz CT molecular complexity index is 1370. The molecule has 1 saturated carbocycles. The third-order valence-corrected chi connectivity index (χ3v) is 8.12. The lowest BCUT2D eigenvalue weighted by Gasteiger charge is -2.38. The molecule has 3 aromatic rings. The molecule has 0 spiro atoms. The predicted octanol–water partition coefficient (Wildman–Crippen LogP) is 5.67. The molecule has 2 fully saturated rings. The summed E-state index contributed by atoms with van der Waals surface area (Å²) in [7, 11) is 0. The molecule has 2 N–H and O–H groups in total. The molecule has 2 heterocycles. The highest BCUT2D eigenvalue weighted by molar-refractivity contribution is 5.90. The van der Waals surface area contributed by atoms with Crippen LogP contribution in [0.25, 0.3) is 11.1 Å². The smallest absolute Gasteiger partial charge is 0.319 e. The molecule has 2 aromatic carbocycles. The average Bonchev–Trinajstić information content (AvgIpc) is 2.98. The number of hydrogen-bond donors (Lipinski definition) is 2. The van der Waals surface area contributed by atoms with Gasteiger partial charge in [0.15, 0.2) is 0 Å². The van der Waals surface area contributed by atoms with Crippen LogP contribution in [0.3, 0.4) is 0 Å². The van der Waals surface area contributed by atoms with E-state index < -0.39 is 17.4 Å². The van der Waals surface area contributed by atoms with Crippen molar-refractivity contribution in [3.8, 4) is 17.2 Å². The zero-order chi connectivity index (χ0) is 28.1. The molecule has 40 heavy (non-hydrogen) atoms. The van der Waals surface area contributed by atoms with Crippen molar-refractivity contribution < 1.29 is 9.18 Å². The number of carbonyl (C=O) groups is 1. The zero-order valence-electron chi connectivity index (χ0n) is 23.2. The topological polar surface area (TPSA) is 97.2 Å².